The molecule has 8 heteroatoms. The molecule has 0 radical (unpaired) electrons. The first-order valence-corrected chi connectivity index (χ1v) is 6.55. The molecule has 1 aliphatic carbocycles. The molecule has 118 valence electrons. The van der Waals surface area contributed by atoms with Crippen molar-refractivity contribution in [3.05, 3.63) is 0 Å². The minimum Gasteiger partial charge on any atom is -0.329 e. The number of halogens is 5. The molecule has 1 saturated heterocycles. The fourth-order valence-corrected chi connectivity index (χ4v) is 2.83. The number of carbonyl (C=O) groups is 1. The molecular weight excluding hydrogens is 300 g/mol. The first-order chi connectivity index (χ1) is 8.74. The van der Waals surface area contributed by atoms with Gasteiger partial charge >= 0.3 is 11.8 Å². The molecular formula is C12H19ClF4N2O. The second kappa shape index (κ2) is 6.05. The lowest BCUT2D eigenvalue weighted by molar-refractivity contribution is -0.172. The van der Waals surface area contributed by atoms with Crippen LogP contribution in [0, 0.1) is 5.92 Å². The van der Waals surface area contributed by atoms with Crippen LogP contribution in [-0.4, -0.2) is 41.8 Å². The SMILES string of the molecule is Cl.NC(C(=O)N1CC(F)(F)C(F)(F)C1)C1CCCCC1. The predicted molar refractivity (Wildman–Crippen MR) is 68.3 cm³/mol. The normalized spacial score (nSPS) is 26.9. The topological polar surface area (TPSA) is 46.3 Å². The number of alkyl halides is 4. The number of amides is 1. The number of nitrogens with two attached hydrogens (primary N) is 1. The Bertz CT molecular complexity index is 345. The lowest BCUT2D eigenvalue weighted by Gasteiger charge is -2.29. The fraction of sp³-hybridized carbons (Fsp3) is 0.917. The first-order valence-electron chi connectivity index (χ1n) is 6.55. The maximum Gasteiger partial charge on any atom is 0.329 e. The third-order valence-corrected chi connectivity index (χ3v) is 4.07. The van der Waals surface area contributed by atoms with Crippen LogP contribution in [0.2, 0.25) is 0 Å². The standard InChI is InChI=1S/C12H18F4N2O.ClH/c13-11(14)6-18(7-12(11,15)16)10(19)9(17)8-4-2-1-3-5-8;/h8-9H,1-7,17H2;1H. The molecule has 0 spiro atoms. The van der Waals surface area contributed by atoms with Crippen LogP contribution < -0.4 is 5.73 Å². The summed E-state index contributed by atoms with van der Waals surface area (Å²) in [6.45, 7) is -2.47. The highest BCUT2D eigenvalue weighted by molar-refractivity contribution is 5.85. The monoisotopic (exact) mass is 318 g/mol. The molecule has 2 fully saturated rings. The van der Waals surface area contributed by atoms with Crippen LogP contribution in [0.5, 0.6) is 0 Å². The largest absolute Gasteiger partial charge is 0.329 e. The smallest absolute Gasteiger partial charge is 0.329 e. The summed E-state index contributed by atoms with van der Waals surface area (Å²) in [6.07, 6.45) is 4.47. The van der Waals surface area contributed by atoms with Gasteiger partial charge < -0.3 is 10.6 Å². The summed E-state index contributed by atoms with van der Waals surface area (Å²) >= 11 is 0. The van der Waals surface area contributed by atoms with Gasteiger partial charge in [-0.1, -0.05) is 19.3 Å². The highest BCUT2D eigenvalue weighted by Crippen LogP contribution is 2.41. The van der Waals surface area contributed by atoms with Crippen molar-refractivity contribution in [1.29, 1.82) is 0 Å². The van der Waals surface area contributed by atoms with Gasteiger partial charge in [0, 0.05) is 0 Å². The van der Waals surface area contributed by atoms with E-state index < -0.39 is 36.9 Å². The summed E-state index contributed by atoms with van der Waals surface area (Å²) in [7, 11) is 0. The van der Waals surface area contributed by atoms with E-state index in [9.17, 15) is 22.4 Å². The van der Waals surface area contributed by atoms with Gasteiger partial charge in [0.1, 0.15) is 0 Å². The molecule has 1 atom stereocenters. The summed E-state index contributed by atoms with van der Waals surface area (Å²) in [5, 5.41) is 0. The maximum absolute atomic E-state index is 13.1. The molecule has 0 aromatic rings. The lowest BCUT2D eigenvalue weighted by Crippen LogP contribution is -2.48. The van der Waals surface area contributed by atoms with E-state index in [1.807, 2.05) is 0 Å². The average molecular weight is 319 g/mol. The molecule has 0 aromatic carbocycles. The molecule has 1 saturated carbocycles. The Morgan fingerprint density at radius 2 is 1.50 bits per heavy atom. The van der Waals surface area contributed by atoms with E-state index in [4.69, 9.17) is 5.73 Å². The second-order valence-electron chi connectivity index (χ2n) is 5.53. The number of rotatable bonds is 2. The van der Waals surface area contributed by atoms with Crippen LogP contribution in [0.1, 0.15) is 32.1 Å². The molecule has 20 heavy (non-hydrogen) atoms. The molecule has 1 heterocycles. The zero-order valence-electron chi connectivity index (χ0n) is 11.0. The quantitative estimate of drug-likeness (QED) is 0.795. The summed E-state index contributed by atoms with van der Waals surface area (Å²) in [5.41, 5.74) is 5.77. The van der Waals surface area contributed by atoms with Gasteiger partial charge in [-0.25, -0.2) is 0 Å². The summed E-state index contributed by atoms with van der Waals surface area (Å²) in [5.74, 6) is -9.17. The van der Waals surface area contributed by atoms with Gasteiger partial charge in [-0.05, 0) is 18.8 Å². The van der Waals surface area contributed by atoms with Crippen molar-refractivity contribution >= 4 is 18.3 Å². The van der Waals surface area contributed by atoms with Gasteiger partial charge in [-0.2, -0.15) is 17.6 Å². The molecule has 2 aliphatic rings. The molecule has 1 unspecified atom stereocenters. The minimum atomic E-state index is -4.16. The lowest BCUT2D eigenvalue weighted by atomic mass is 9.84. The van der Waals surface area contributed by atoms with Crippen molar-refractivity contribution in [1.82, 2.24) is 4.90 Å². The summed E-state index contributed by atoms with van der Waals surface area (Å²) in [6, 6.07) is -0.940. The number of hydrogen-bond donors (Lipinski definition) is 1. The molecule has 0 aromatic heterocycles. The van der Waals surface area contributed by atoms with E-state index in [0.29, 0.717) is 4.90 Å². The third-order valence-electron chi connectivity index (χ3n) is 4.07. The molecule has 3 nitrogen and oxygen atoms in total. The van der Waals surface area contributed by atoms with Crippen molar-refractivity contribution < 1.29 is 22.4 Å². The van der Waals surface area contributed by atoms with Crippen molar-refractivity contribution in [2.75, 3.05) is 13.1 Å². The van der Waals surface area contributed by atoms with Crippen molar-refractivity contribution in [3.8, 4) is 0 Å². The number of carbonyl (C=O) groups excluding carboxylic acids is 1. The number of hydrogen-bond acceptors (Lipinski definition) is 2. The van der Waals surface area contributed by atoms with E-state index in [1.165, 1.54) is 0 Å². The Morgan fingerprint density at radius 1 is 1.05 bits per heavy atom. The van der Waals surface area contributed by atoms with Crippen molar-refractivity contribution in [2.45, 2.75) is 50.0 Å². The predicted octanol–water partition coefficient (Wildman–Crippen LogP) is 2.43. The summed E-state index contributed by atoms with van der Waals surface area (Å²) in [4.78, 5) is 12.5. The summed E-state index contributed by atoms with van der Waals surface area (Å²) < 4.78 is 52.2. The molecule has 2 N–H and O–H groups in total. The first kappa shape index (κ1) is 17.5. The van der Waals surface area contributed by atoms with E-state index in [1.54, 1.807) is 0 Å². The molecule has 1 aliphatic heterocycles. The zero-order valence-corrected chi connectivity index (χ0v) is 11.8. The van der Waals surface area contributed by atoms with Crippen molar-refractivity contribution in [2.24, 2.45) is 11.7 Å². The van der Waals surface area contributed by atoms with Gasteiger partial charge in [0.15, 0.2) is 0 Å². The zero-order chi connectivity index (χ0) is 14.3. The van der Waals surface area contributed by atoms with Gasteiger partial charge in [-0.3, -0.25) is 4.79 Å². The van der Waals surface area contributed by atoms with Crippen LogP contribution in [0.3, 0.4) is 0 Å². The van der Waals surface area contributed by atoms with Gasteiger partial charge in [0.05, 0.1) is 19.1 Å². The number of nitrogens with zero attached hydrogens (tertiary/aromatic N) is 1. The Hall–Kier alpha value is -0.560. The molecule has 2 rings (SSSR count). The highest BCUT2D eigenvalue weighted by atomic mass is 35.5. The van der Waals surface area contributed by atoms with Crippen LogP contribution in [0.25, 0.3) is 0 Å². The second-order valence-corrected chi connectivity index (χ2v) is 5.53. The van der Waals surface area contributed by atoms with Crippen LogP contribution in [-0.2, 0) is 4.79 Å². The van der Waals surface area contributed by atoms with Crippen LogP contribution in [0.4, 0.5) is 17.6 Å². The minimum absolute atomic E-state index is 0. The van der Waals surface area contributed by atoms with Crippen LogP contribution >= 0.6 is 12.4 Å². The van der Waals surface area contributed by atoms with Crippen LogP contribution in [0.15, 0.2) is 0 Å². The molecule has 1 amide bonds. The average Bonchev–Trinajstić information content (AvgIpc) is 2.58. The van der Waals surface area contributed by atoms with Gasteiger partial charge in [-0.15, -0.1) is 12.4 Å². The van der Waals surface area contributed by atoms with Gasteiger partial charge in [0.2, 0.25) is 5.91 Å². The fourth-order valence-electron chi connectivity index (χ4n) is 2.83. The Balaban J connectivity index is 0.00000200. The van der Waals surface area contributed by atoms with Crippen molar-refractivity contribution in [3.63, 3.8) is 0 Å². The van der Waals surface area contributed by atoms with E-state index in [0.717, 1.165) is 32.1 Å². The number of likely N-dealkylation sites (tertiary alicyclic amines) is 1. The molecule has 0 bridgehead atoms. The van der Waals surface area contributed by atoms with E-state index >= 15 is 0 Å². The Labute approximate surface area is 121 Å². The van der Waals surface area contributed by atoms with Gasteiger partial charge in [0.25, 0.3) is 0 Å². The Kier molecular flexibility index (Phi) is 5.29. The maximum atomic E-state index is 13.1. The van der Waals surface area contributed by atoms with E-state index in [2.05, 4.69) is 0 Å². The highest BCUT2D eigenvalue weighted by Gasteiger charge is 2.64. The Morgan fingerprint density at radius 3 is 1.95 bits per heavy atom. The third kappa shape index (κ3) is 3.19. The van der Waals surface area contributed by atoms with E-state index in [-0.39, 0.29) is 18.3 Å².